The fraction of sp³-hybridized carbons (Fsp3) is 0.520. The Hall–Kier alpha value is -2.24. The minimum absolute atomic E-state index is 0.157. The summed E-state index contributed by atoms with van der Waals surface area (Å²) >= 11 is 0. The normalized spacial score (nSPS) is 35.8. The Labute approximate surface area is 177 Å². The molecule has 5 heteroatoms. The Bertz CT molecular complexity index is 964. The molecule has 1 aromatic heterocycles. The molecule has 2 aliphatic heterocycles. The van der Waals surface area contributed by atoms with Crippen LogP contribution in [0.1, 0.15) is 43.2 Å². The van der Waals surface area contributed by atoms with Gasteiger partial charge in [-0.2, -0.15) is 0 Å². The molecular formula is C25H29NO4. The van der Waals surface area contributed by atoms with Gasteiger partial charge >= 0.3 is 0 Å². The molecule has 2 N–H and O–H groups in total. The number of ether oxygens (including phenoxy) is 1. The molecule has 0 amide bonds. The highest BCUT2D eigenvalue weighted by Gasteiger charge is 2.71. The second kappa shape index (κ2) is 6.38. The molecule has 1 spiro atoms. The van der Waals surface area contributed by atoms with E-state index in [-0.39, 0.29) is 17.9 Å². The maximum Gasteiger partial charge on any atom is 0.166 e. The Morgan fingerprint density at radius 1 is 1.17 bits per heavy atom. The van der Waals surface area contributed by atoms with E-state index in [2.05, 4.69) is 15.9 Å². The lowest BCUT2D eigenvalue weighted by molar-refractivity contribution is -0.174. The largest absolute Gasteiger partial charge is 0.504 e. The maximum atomic E-state index is 12.1. The molecule has 2 aromatic rings. The zero-order valence-corrected chi connectivity index (χ0v) is 17.2. The standard InChI is InChI=1S/C21H25NO3.C4H4O/c1-12-6-7-21(24)16-10-14-4-5-15(23)18-17(14)20(21,19(12)25-18)8-9-22(16)11-13-2-3-13;1-2-4-5-3-1/h4-5,13,16,19,23-24H,1-3,6-11H2;1-4H/t16-,19+,20+,21-;/m1./s1. The van der Waals surface area contributed by atoms with Crippen LogP contribution in [0.25, 0.3) is 0 Å². The van der Waals surface area contributed by atoms with Gasteiger partial charge in [0.15, 0.2) is 11.5 Å². The molecule has 158 valence electrons. The summed E-state index contributed by atoms with van der Waals surface area (Å²) < 4.78 is 10.9. The number of nitrogens with zero attached hydrogens (tertiary/aromatic N) is 1. The van der Waals surface area contributed by atoms with E-state index < -0.39 is 11.0 Å². The van der Waals surface area contributed by atoms with E-state index in [1.54, 1.807) is 18.6 Å². The van der Waals surface area contributed by atoms with Gasteiger partial charge in [0, 0.05) is 18.2 Å². The minimum Gasteiger partial charge on any atom is -0.504 e. The molecule has 5 nitrogen and oxygen atoms in total. The Morgan fingerprint density at radius 2 is 1.97 bits per heavy atom. The van der Waals surface area contributed by atoms with Crippen molar-refractivity contribution in [3.8, 4) is 11.5 Å². The number of furan rings is 1. The lowest BCUT2D eigenvalue weighted by atomic mass is 9.48. The Morgan fingerprint density at radius 3 is 2.67 bits per heavy atom. The lowest BCUT2D eigenvalue weighted by Crippen LogP contribution is -2.75. The molecular weight excluding hydrogens is 378 g/mol. The number of aliphatic hydroxyl groups is 1. The highest BCUT2D eigenvalue weighted by molar-refractivity contribution is 5.63. The van der Waals surface area contributed by atoms with Crippen LogP contribution < -0.4 is 4.74 Å². The van der Waals surface area contributed by atoms with E-state index in [4.69, 9.17) is 4.74 Å². The average molecular weight is 408 g/mol. The third kappa shape index (κ3) is 2.36. The quantitative estimate of drug-likeness (QED) is 0.742. The monoisotopic (exact) mass is 407 g/mol. The highest BCUT2D eigenvalue weighted by Crippen LogP contribution is 2.66. The summed E-state index contributed by atoms with van der Waals surface area (Å²) in [6.45, 7) is 6.40. The van der Waals surface area contributed by atoms with Gasteiger partial charge in [-0.25, -0.2) is 0 Å². The molecule has 0 radical (unpaired) electrons. The molecule has 7 rings (SSSR count). The Balaban J connectivity index is 0.000000310. The summed E-state index contributed by atoms with van der Waals surface area (Å²) in [6, 6.07) is 7.63. The van der Waals surface area contributed by atoms with Gasteiger partial charge in [-0.05, 0) is 80.3 Å². The number of phenols is 1. The molecule has 3 aliphatic carbocycles. The van der Waals surface area contributed by atoms with E-state index in [1.165, 1.54) is 18.4 Å². The first-order valence-corrected chi connectivity index (χ1v) is 11.2. The fourth-order valence-electron chi connectivity index (χ4n) is 6.62. The van der Waals surface area contributed by atoms with Crippen LogP contribution >= 0.6 is 0 Å². The lowest BCUT2D eigenvalue weighted by Gasteiger charge is -2.63. The van der Waals surface area contributed by atoms with Crippen molar-refractivity contribution in [1.29, 1.82) is 0 Å². The van der Waals surface area contributed by atoms with E-state index in [0.717, 1.165) is 55.8 Å². The molecule has 2 bridgehead atoms. The van der Waals surface area contributed by atoms with Crippen molar-refractivity contribution in [1.82, 2.24) is 4.90 Å². The number of hydrogen-bond acceptors (Lipinski definition) is 5. The minimum atomic E-state index is -0.780. The van der Waals surface area contributed by atoms with Crippen LogP contribution in [0, 0.1) is 5.92 Å². The predicted octanol–water partition coefficient (Wildman–Crippen LogP) is 3.79. The number of phenolic OH excluding ortho intramolecular Hbond substituents is 1. The van der Waals surface area contributed by atoms with Crippen molar-refractivity contribution < 1.29 is 19.4 Å². The molecule has 3 fully saturated rings. The van der Waals surface area contributed by atoms with Crippen molar-refractivity contribution in [3.05, 3.63) is 60.1 Å². The van der Waals surface area contributed by atoms with Crippen molar-refractivity contribution in [3.63, 3.8) is 0 Å². The Kier molecular flexibility index (Phi) is 3.94. The van der Waals surface area contributed by atoms with Gasteiger partial charge in [0.2, 0.25) is 0 Å². The summed E-state index contributed by atoms with van der Waals surface area (Å²) in [5.74, 6) is 1.64. The van der Waals surface area contributed by atoms with Crippen molar-refractivity contribution >= 4 is 0 Å². The van der Waals surface area contributed by atoms with Crippen LogP contribution in [0.2, 0.25) is 0 Å². The molecule has 1 aromatic carbocycles. The predicted molar refractivity (Wildman–Crippen MR) is 113 cm³/mol. The summed E-state index contributed by atoms with van der Waals surface area (Å²) in [5.41, 5.74) is 2.21. The number of rotatable bonds is 2. The second-order valence-corrected chi connectivity index (χ2v) is 9.70. The average Bonchev–Trinajstić information content (AvgIpc) is 3.20. The first kappa shape index (κ1) is 18.5. The third-order valence-corrected chi connectivity index (χ3v) is 8.14. The van der Waals surface area contributed by atoms with Gasteiger partial charge in [0.1, 0.15) is 6.10 Å². The van der Waals surface area contributed by atoms with Crippen LogP contribution in [0.15, 0.2) is 53.4 Å². The topological polar surface area (TPSA) is 66.1 Å². The van der Waals surface area contributed by atoms with Crippen LogP contribution in [0.4, 0.5) is 0 Å². The fourth-order valence-corrected chi connectivity index (χ4v) is 6.62. The number of benzene rings is 1. The van der Waals surface area contributed by atoms with Crippen LogP contribution in [-0.2, 0) is 11.8 Å². The summed E-state index contributed by atoms with van der Waals surface area (Å²) in [7, 11) is 0. The highest BCUT2D eigenvalue weighted by atomic mass is 16.5. The molecule has 4 atom stereocenters. The van der Waals surface area contributed by atoms with Crippen LogP contribution in [0.3, 0.4) is 0 Å². The van der Waals surface area contributed by atoms with E-state index in [1.807, 2.05) is 18.2 Å². The smallest absolute Gasteiger partial charge is 0.166 e. The molecule has 1 saturated heterocycles. The molecule has 5 aliphatic rings. The van der Waals surface area contributed by atoms with Gasteiger partial charge in [-0.15, -0.1) is 0 Å². The van der Waals surface area contributed by atoms with Crippen molar-refractivity contribution in [2.75, 3.05) is 13.1 Å². The van der Waals surface area contributed by atoms with Gasteiger partial charge in [0.05, 0.1) is 23.5 Å². The molecule has 3 heterocycles. The number of likely N-dealkylation sites (tertiary alicyclic amines) is 1. The van der Waals surface area contributed by atoms with Gasteiger partial charge in [0.25, 0.3) is 0 Å². The van der Waals surface area contributed by atoms with E-state index in [9.17, 15) is 10.2 Å². The van der Waals surface area contributed by atoms with Crippen molar-refractivity contribution in [2.24, 2.45) is 5.92 Å². The molecule has 30 heavy (non-hydrogen) atoms. The van der Waals surface area contributed by atoms with Gasteiger partial charge in [-0.1, -0.05) is 12.6 Å². The van der Waals surface area contributed by atoms with Crippen LogP contribution in [-0.4, -0.2) is 45.9 Å². The van der Waals surface area contributed by atoms with Crippen LogP contribution in [0.5, 0.6) is 11.5 Å². The third-order valence-electron chi connectivity index (χ3n) is 8.14. The summed E-state index contributed by atoms with van der Waals surface area (Å²) in [6.07, 6.45) is 9.04. The van der Waals surface area contributed by atoms with E-state index >= 15 is 0 Å². The SMILES string of the molecule is C=C1CC[C@@]2(O)[C@H]3Cc4ccc(O)c5c4[C@@]2(CCN3CC2CC2)[C@H]1O5.c1ccoc1. The summed E-state index contributed by atoms with van der Waals surface area (Å²) in [4.78, 5) is 2.56. The van der Waals surface area contributed by atoms with Gasteiger partial charge in [-0.3, -0.25) is 4.90 Å². The van der Waals surface area contributed by atoms with Crippen molar-refractivity contribution in [2.45, 2.75) is 61.7 Å². The second-order valence-electron chi connectivity index (χ2n) is 9.70. The maximum absolute atomic E-state index is 12.1. The zero-order valence-electron chi connectivity index (χ0n) is 17.2. The summed E-state index contributed by atoms with van der Waals surface area (Å²) in [5, 5.41) is 22.5. The first-order valence-electron chi connectivity index (χ1n) is 11.2. The first-order chi connectivity index (χ1) is 14.5. The molecule has 0 unspecified atom stereocenters. The van der Waals surface area contributed by atoms with Gasteiger partial charge < -0.3 is 19.4 Å². The number of aromatic hydroxyl groups is 1. The molecule has 2 saturated carbocycles. The number of piperidine rings is 1. The zero-order chi connectivity index (χ0) is 20.5. The number of hydrogen-bond donors (Lipinski definition) is 2. The van der Waals surface area contributed by atoms with E-state index in [0.29, 0.717) is 5.75 Å².